The lowest BCUT2D eigenvalue weighted by molar-refractivity contribution is 0.0955. The highest BCUT2D eigenvalue weighted by Crippen LogP contribution is 2.15. The molecule has 3 aromatic rings. The van der Waals surface area contributed by atoms with Gasteiger partial charge < -0.3 is 4.98 Å². The van der Waals surface area contributed by atoms with Crippen molar-refractivity contribution < 1.29 is 4.79 Å². The highest BCUT2D eigenvalue weighted by atomic mass is 16.2. The Kier molecular flexibility index (Phi) is 1.86. The number of hydrogen-bond acceptors (Lipinski definition) is 2. The van der Waals surface area contributed by atoms with Gasteiger partial charge in [0.25, 0.3) is 5.91 Å². The van der Waals surface area contributed by atoms with Crippen molar-refractivity contribution in [2.24, 2.45) is 0 Å². The van der Waals surface area contributed by atoms with Crippen LogP contribution in [0.5, 0.6) is 0 Å². The molecule has 0 aliphatic rings. The zero-order valence-electron chi connectivity index (χ0n) is 8.42. The molecule has 0 saturated heterocycles. The van der Waals surface area contributed by atoms with Gasteiger partial charge >= 0.3 is 0 Å². The van der Waals surface area contributed by atoms with Gasteiger partial charge in [0.2, 0.25) is 0 Å². The molecule has 0 aliphatic carbocycles. The van der Waals surface area contributed by atoms with Crippen LogP contribution in [-0.4, -0.2) is 20.4 Å². The molecule has 4 heteroatoms. The fourth-order valence-electron chi connectivity index (χ4n) is 1.71. The van der Waals surface area contributed by atoms with E-state index in [-0.39, 0.29) is 5.91 Å². The average molecular weight is 211 g/mol. The number of H-pyrrole nitrogens is 1. The second-order valence-electron chi connectivity index (χ2n) is 3.55. The number of aromatic amines is 1. The van der Waals surface area contributed by atoms with Crippen molar-refractivity contribution in [1.82, 2.24) is 14.5 Å². The van der Waals surface area contributed by atoms with Crippen LogP contribution in [0.4, 0.5) is 0 Å². The number of imidazole rings is 1. The number of hydrogen-bond donors (Lipinski definition) is 1. The van der Waals surface area contributed by atoms with Crippen LogP contribution in [0.3, 0.4) is 0 Å². The van der Waals surface area contributed by atoms with Crippen molar-refractivity contribution in [3.05, 3.63) is 54.7 Å². The number of para-hydroxylation sites is 1. The molecule has 78 valence electrons. The highest BCUT2D eigenvalue weighted by Gasteiger charge is 2.10. The van der Waals surface area contributed by atoms with Gasteiger partial charge in [-0.3, -0.25) is 9.36 Å². The zero-order chi connectivity index (χ0) is 11.0. The first kappa shape index (κ1) is 8.91. The second-order valence-corrected chi connectivity index (χ2v) is 3.55. The van der Waals surface area contributed by atoms with Gasteiger partial charge in [-0.2, -0.15) is 0 Å². The zero-order valence-corrected chi connectivity index (χ0v) is 8.42. The molecule has 1 aromatic carbocycles. The van der Waals surface area contributed by atoms with Crippen LogP contribution < -0.4 is 0 Å². The summed E-state index contributed by atoms with van der Waals surface area (Å²) < 4.78 is 1.45. The van der Waals surface area contributed by atoms with Crippen LogP contribution in [0.15, 0.2) is 49.1 Å². The quantitative estimate of drug-likeness (QED) is 0.669. The Morgan fingerprint density at radius 3 is 2.94 bits per heavy atom. The van der Waals surface area contributed by atoms with Crippen molar-refractivity contribution >= 4 is 16.8 Å². The van der Waals surface area contributed by atoms with E-state index >= 15 is 0 Å². The molecule has 0 unspecified atom stereocenters. The van der Waals surface area contributed by atoms with Crippen molar-refractivity contribution in [2.75, 3.05) is 0 Å². The fraction of sp³-hybridized carbons (Fsp3) is 0. The summed E-state index contributed by atoms with van der Waals surface area (Å²) in [6.07, 6.45) is 4.71. The molecule has 1 N–H and O–H groups in total. The first-order chi connectivity index (χ1) is 7.84. The lowest BCUT2D eigenvalue weighted by Crippen LogP contribution is -2.09. The molecule has 2 aromatic heterocycles. The molecular formula is C12H9N3O. The summed E-state index contributed by atoms with van der Waals surface area (Å²) in [4.78, 5) is 18.9. The number of carbonyl (C=O) groups is 1. The van der Waals surface area contributed by atoms with E-state index in [0.29, 0.717) is 5.69 Å². The molecule has 16 heavy (non-hydrogen) atoms. The van der Waals surface area contributed by atoms with Crippen LogP contribution in [0.2, 0.25) is 0 Å². The fourth-order valence-corrected chi connectivity index (χ4v) is 1.71. The second kappa shape index (κ2) is 3.34. The third-order valence-electron chi connectivity index (χ3n) is 2.50. The molecule has 2 heterocycles. The van der Waals surface area contributed by atoms with E-state index < -0.39 is 0 Å². The predicted octanol–water partition coefficient (Wildman–Crippen LogP) is 2.05. The molecular weight excluding hydrogens is 202 g/mol. The average Bonchev–Trinajstić information content (AvgIpc) is 2.97. The molecule has 0 fully saturated rings. The lowest BCUT2D eigenvalue weighted by atomic mass is 10.2. The van der Waals surface area contributed by atoms with E-state index in [9.17, 15) is 4.79 Å². The van der Waals surface area contributed by atoms with Gasteiger partial charge in [0.15, 0.2) is 0 Å². The topological polar surface area (TPSA) is 50.7 Å². The van der Waals surface area contributed by atoms with Crippen molar-refractivity contribution in [2.45, 2.75) is 0 Å². The van der Waals surface area contributed by atoms with Crippen LogP contribution in [0.1, 0.15) is 10.5 Å². The van der Waals surface area contributed by atoms with Crippen LogP contribution in [-0.2, 0) is 0 Å². The van der Waals surface area contributed by atoms with Gasteiger partial charge in [-0.25, -0.2) is 4.98 Å². The monoisotopic (exact) mass is 211 g/mol. The summed E-state index contributed by atoms with van der Waals surface area (Å²) in [7, 11) is 0. The minimum atomic E-state index is -0.103. The Labute approximate surface area is 91.5 Å². The van der Waals surface area contributed by atoms with E-state index in [1.54, 1.807) is 12.4 Å². The minimum absolute atomic E-state index is 0.103. The number of benzene rings is 1. The van der Waals surface area contributed by atoms with Gasteiger partial charge in [0.05, 0.1) is 0 Å². The lowest BCUT2D eigenvalue weighted by Gasteiger charge is -1.96. The summed E-state index contributed by atoms with van der Waals surface area (Å²) >= 11 is 0. The van der Waals surface area contributed by atoms with Gasteiger partial charge in [-0.15, -0.1) is 0 Å². The number of rotatable bonds is 1. The van der Waals surface area contributed by atoms with Gasteiger partial charge in [0.1, 0.15) is 12.0 Å². The standard InChI is InChI=1S/C12H9N3O/c16-12(15-6-5-13-8-15)11-7-9-3-1-2-4-10(9)14-11/h1-8,14H. The number of nitrogens with one attached hydrogen (secondary N) is 1. The summed E-state index contributed by atoms with van der Waals surface area (Å²) in [6.45, 7) is 0. The molecule has 0 atom stereocenters. The van der Waals surface area contributed by atoms with Crippen molar-refractivity contribution in [1.29, 1.82) is 0 Å². The number of nitrogens with zero attached hydrogens (tertiary/aromatic N) is 2. The molecule has 3 rings (SSSR count). The maximum Gasteiger partial charge on any atom is 0.279 e. The Balaban J connectivity index is 2.10. The summed E-state index contributed by atoms with van der Waals surface area (Å²) in [5.41, 5.74) is 1.53. The summed E-state index contributed by atoms with van der Waals surface area (Å²) in [5.74, 6) is -0.103. The maximum absolute atomic E-state index is 12.0. The van der Waals surface area contributed by atoms with Gasteiger partial charge in [-0.05, 0) is 12.1 Å². The SMILES string of the molecule is O=C(c1cc2ccccc2[nH]1)n1ccnc1. The highest BCUT2D eigenvalue weighted by molar-refractivity contribution is 5.99. The van der Waals surface area contributed by atoms with E-state index in [2.05, 4.69) is 9.97 Å². The summed E-state index contributed by atoms with van der Waals surface area (Å²) in [6, 6.07) is 9.64. The largest absolute Gasteiger partial charge is 0.351 e. The molecule has 0 amide bonds. The number of carbonyl (C=O) groups excluding carboxylic acids is 1. The van der Waals surface area contributed by atoms with Crippen molar-refractivity contribution in [3.63, 3.8) is 0 Å². The maximum atomic E-state index is 12.0. The Morgan fingerprint density at radius 1 is 1.31 bits per heavy atom. The molecule has 4 nitrogen and oxygen atoms in total. The van der Waals surface area contributed by atoms with E-state index in [1.165, 1.54) is 10.9 Å². The van der Waals surface area contributed by atoms with Gasteiger partial charge in [-0.1, -0.05) is 18.2 Å². The third-order valence-corrected chi connectivity index (χ3v) is 2.50. The van der Waals surface area contributed by atoms with Crippen LogP contribution >= 0.6 is 0 Å². The normalized spacial score (nSPS) is 10.8. The van der Waals surface area contributed by atoms with E-state index in [4.69, 9.17) is 0 Å². The van der Waals surface area contributed by atoms with Crippen molar-refractivity contribution in [3.8, 4) is 0 Å². The first-order valence-electron chi connectivity index (χ1n) is 4.95. The minimum Gasteiger partial charge on any atom is -0.351 e. The summed E-state index contributed by atoms with van der Waals surface area (Å²) in [5, 5.41) is 1.03. The molecule has 0 bridgehead atoms. The third kappa shape index (κ3) is 1.32. The molecule has 0 aliphatic heterocycles. The Hall–Kier alpha value is -2.36. The Morgan fingerprint density at radius 2 is 2.19 bits per heavy atom. The first-order valence-corrected chi connectivity index (χ1v) is 4.95. The Bertz CT molecular complexity index is 604. The van der Waals surface area contributed by atoms with Crippen LogP contribution in [0.25, 0.3) is 10.9 Å². The van der Waals surface area contributed by atoms with Crippen LogP contribution in [0, 0.1) is 0 Å². The number of fused-ring (bicyclic) bond motifs is 1. The number of aromatic nitrogens is 3. The van der Waals surface area contributed by atoms with Gasteiger partial charge in [0, 0.05) is 23.3 Å². The van der Waals surface area contributed by atoms with E-state index in [0.717, 1.165) is 10.9 Å². The van der Waals surface area contributed by atoms with E-state index in [1.807, 2.05) is 30.3 Å². The predicted molar refractivity (Wildman–Crippen MR) is 60.3 cm³/mol. The molecule has 0 radical (unpaired) electrons. The molecule has 0 spiro atoms. The molecule has 0 saturated carbocycles. The smallest absolute Gasteiger partial charge is 0.279 e.